The molecule has 1 unspecified atom stereocenters. The third kappa shape index (κ3) is 4.19. The van der Waals surface area contributed by atoms with Gasteiger partial charge in [0.1, 0.15) is 23.4 Å². The number of rotatable bonds is 5. The molecule has 1 rings (SSSR count). The van der Waals surface area contributed by atoms with Gasteiger partial charge in [-0.05, 0) is 12.1 Å². The third-order valence-corrected chi connectivity index (χ3v) is 2.18. The van der Waals surface area contributed by atoms with Crippen LogP contribution in [0.15, 0.2) is 18.2 Å². The van der Waals surface area contributed by atoms with Crippen LogP contribution in [0.3, 0.4) is 0 Å². The van der Waals surface area contributed by atoms with Gasteiger partial charge in [-0.2, -0.15) is 0 Å². The van der Waals surface area contributed by atoms with Crippen molar-refractivity contribution in [1.29, 1.82) is 0 Å². The molecule has 0 fully saturated rings. The molecular formula is C11H10F2N2O5. The molecule has 0 aromatic heterocycles. The summed E-state index contributed by atoms with van der Waals surface area (Å²) in [7, 11) is 0. The monoisotopic (exact) mass is 288 g/mol. The van der Waals surface area contributed by atoms with E-state index < -0.39 is 47.8 Å². The van der Waals surface area contributed by atoms with E-state index in [9.17, 15) is 23.2 Å². The molecule has 0 heterocycles. The molecule has 0 aliphatic heterocycles. The summed E-state index contributed by atoms with van der Waals surface area (Å²) in [6.45, 7) is 0. The highest BCUT2D eigenvalue weighted by Crippen LogP contribution is 2.17. The van der Waals surface area contributed by atoms with Crippen molar-refractivity contribution in [1.82, 2.24) is 5.32 Å². The van der Waals surface area contributed by atoms with E-state index in [1.165, 1.54) is 0 Å². The van der Waals surface area contributed by atoms with Gasteiger partial charge >= 0.3 is 18.0 Å². The van der Waals surface area contributed by atoms with Crippen molar-refractivity contribution >= 4 is 23.7 Å². The van der Waals surface area contributed by atoms with Crippen LogP contribution in [-0.4, -0.2) is 34.2 Å². The van der Waals surface area contributed by atoms with Gasteiger partial charge in [0.25, 0.3) is 0 Å². The zero-order valence-electron chi connectivity index (χ0n) is 9.89. The van der Waals surface area contributed by atoms with Crippen molar-refractivity contribution in [2.45, 2.75) is 12.5 Å². The van der Waals surface area contributed by atoms with Gasteiger partial charge in [0, 0.05) is 0 Å². The lowest BCUT2D eigenvalue weighted by Gasteiger charge is -2.13. The number of carboxylic acid groups (broad SMARTS) is 2. The first-order chi connectivity index (χ1) is 9.31. The Balaban J connectivity index is 2.76. The molecule has 4 N–H and O–H groups in total. The summed E-state index contributed by atoms with van der Waals surface area (Å²) in [5.74, 6) is -5.14. The van der Waals surface area contributed by atoms with Crippen LogP contribution < -0.4 is 10.6 Å². The zero-order chi connectivity index (χ0) is 15.3. The van der Waals surface area contributed by atoms with E-state index in [-0.39, 0.29) is 0 Å². The van der Waals surface area contributed by atoms with Crippen molar-refractivity contribution in [2.24, 2.45) is 0 Å². The SMILES string of the molecule is O=C(O)CC(NC(=O)Nc1c(F)cccc1F)C(=O)O. The highest BCUT2D eigenvalue weighted by molar-refractivity contribution is 5.93. The number of para-hydroxylation sites is 1. The van der Waals surface area contributed by atoms with Gasteiger partial charge in [0.05, 0.1) is 6.42 Å². The number of amides is 2. The molecule has 0 bridgehead atoms. The molecule has 2 amide bonds. The smallest absolute Gasteiger partial charge is 0.326 e. The van der Waals surface area contributed by atoms with Crippen LogP contribution in [0.25, 0.3) is 0 Å². The Hall–Kier alpha value is -2.71. The molecule has 0 saturated carbocycles. The number of hydrogen-bond donors (Lipinski definition) is 4. The highest BCUT2D eigenvalue weighted by Gasteiger charge is 2.23. The third-order valence-electron chi connectivity index (χ3n) is 2.18. The van der Waals surface area contributed by atoms with Crippen molar-refractivity contribution in [3.05, 3.63) is 29.8 Å². The van der Waals surface area contributed by atoms with Crippen molar-refractivity contribution < 1.29 is 33.4 Å². The minimum atomic E-state index is -1.72. The maximum Gasteiger partial charge on any atom is 0.326 e. The van der Waals surface area contributed by atoms with Gasteiger partial charge in [0.2, 0.25) is 0 Å². The highest BCUT2D eigenvalue weighted by atomic mass is 19.1. The fourth-order valence-corrected chi connectivity index (χ4v) is 1.30. The first-order valence-corrected chi connectivity index (χ1v) is 5.27. The number of nitrogens with one attached hydrogen (secondary N) is 2. The van der Waals surface area contributed by atoms with Crippen LogP contribution in [-0.2, 0) is 9.59 Å². The number of aliphatic carboxylic acids is 2. The molecule has 0 spiro atoms. The topological polar surface area (TPSA) is 116 Å². The van der Waals surface area contributed by atoms with Gasteiger partial charge in [-0.3, -0.25) is 4.79 Å². The molecule has 0 saturated heterocycles. The van der Waals surface area contributed by atoms with Crippen LogP contribution in [0.5, 0.6) is 0 Å². The predicted octanol–water partition coefficient (Wildman–Crippen LogP) is 1.01. The van der Waals surface area contributed by atoms with Crippen molar-refractivity contribution in [3.8, 4) is 0 Å². The second kappa shape index (κ2) is 6.45. The normalized spacial score (nSPS) is 11.5. The average Bonchev–Trinajstić information content (AvgIpc) is 2.32. The summed E-state index contributed by atoms with van der Waals surface area (Å²) < 4.78 is 26.4. The van der Waals surface area contributed by atoms with Crippen molar-refractivity contribution in [3.63, 3.8) is 0 Å². The van der Waals surface area contributed by atoms with Crippen LogP contribution >= 0.6 is 0 Å². The molecule has 1 aromatic rings. The predicted molar refractivity (Wildman–Crippen MR) is 62.2 cm³/mol. The molecule has 1 aromatic carbocycles. The van der Waals surface area contributed by atoms with Crippen LogP contribution in [0.2, 0.25) is 0 Å². The largest absolute Gasteiger partial charge is 0.481 e. The van der Waals surface area contributed by atoms with E-state index >= 15 is 0 Å². The van der Waals surface area contributed by atoms with E-state index in [4.69, 9.17) is 10.2 Å². The summed E-state index contributed by atoms with van der Waals surface area (Å²) in [6, 6.07) is -0.0852. The lowest BCUT2D eigenvalue weighted by molar-refractivity contribution is -0.145. The number of carboxylic acids is 2. The first kappa shape index (κ1) is 15.3. The minimum Gasteiger partial charge on any atom is -0.481 e. The second-order valence-electron chi connectivity index (χ2n) is 3.68. The summed E-state index contributed by atoms with van der Waals surface area (Å²) in [5, 5.41) is 20.7. The summed E-state index contributed by atoms with van der Waals surface area (Å²) >= 11 is 0. The molecule has 20 heavy (non-hydrogen) atoms. The molecule has 7 nitrogen and oxygen atoms in total. The number of carbonyl (C=O) groups is 3. The van der Waals surface area contributed by atoms with E-state index in [2.05, 4.69) is 0 Å². The van der Waals surface area contributed by atoms with Crippen LogP contribution in [0, 0.1) is 11.6 Å². The Bertz CT molecular complexity index is 529. The number of anilines is 1. The lowest BCUT2D eigenvalue weighted by Crippen LogP contribution is -2.44. The minimum absolute atomic E-state index is 0.760. The zero-order valence-corrected chi connectivity index (χ0v) is 9.89. The van der Waals surface area contributed by atoms with Gasteiger partial charge in [-0.1, -0.05) is 6.07 Å². The Morgan fingerprint density at radius 1 is 1.15 bits per heavy atom. The number of carbonyl (C=O) groups excluding carboxylic acids is 1. The Kier molecular flexibility index (Phi) is 4.95. The summed E-state index contributed by atoms with van der Waals surface area (Å²) in [5.41, 5.74) is -0.760. The van der Waals surface area contributed by atoms with E-state index in [0.29, 0.717) is 0 Å². The number of halogens is 2. The molecule has 0 aliphatic carbocycles. The summed E-state index contributed by atoms with van der Waals surface area (Å²) in [6.07, 6.45) is -0.873. The quantitative estimate of drug-likeness (QED) is 0.645. The molecule has 9 heteroatoms. The Morgan fingerprint density at radius 3 is 2.15 bits per heavy atom. The standard InChI is InChI=1S/C11H10F2N2O5/c12-5-2-1-3-6(13)9(5)15-11(20)14-7(10(18)19)4-8(16)17/h1-3,7H,4H2,(H,16,17)(H,18,19)(H2,14,15,20). The molecule has 108 valence electrons. The number of hydrogen-bond acceptors (Lipinski definition) is 3. The fourth-order valence-electron chi connectivity index (χ4n) is 1.30. The second-order valence-corrected chi connectivity index (χ2v) is 3.68. The number of urea groups is 1. The van der Waals surface area contributed by atoms with Crippen molar-refractivity contribution in [2.75, 3.05) is 5.32 Å². The lowest BCUT2D eigenvalue weighted by atomic mass is 10.2. The van der Waals surface area contributed by atoms with Gasteiger partial charge in [-0.25, -0.2) is 18.4 Å². The van der Waals surface area contributed by atoms with Crippen LogP contribution in [0.4, 0.5) is 19.3 Å². The maximum absolute atomic E-state index is 13.2. The van der Waals surface area contributed by atoms with Crippen LogP contribution in [0.1, 0.15) is 6.42 Å². The fraction of sp³-hybridized carbons (Fsp3) is 0.182. The first-order valence-electron chi connectivity index (χ1n) is 5.27. The van der Waals surface area contributed by atoms with Gasteiger partial charge < -0.3 is 20.8 Å². The van der Waals surface area contributed by atoms with Gasteiger partial charge in [-0.15, -0.1) is 0 Å². The average molecular weight is 288 g/mol. The van der Waals surface area contributed by atoms with E-state index in [0.717, 1.165) is 18.2 Å². The van der Waals surface area contributed by atoms with E-state index in [1.807, 2.05) is 0 Å². The van der Waals surface area contributed by atoms with E-state index in [1.54, 1.807) is 10.6 Å². The molecule has 1 atom stereocenters. The molecular weight excluding hydrogens is 278 g/mol. The summed E-state index contributed by atoms with van der Waals surface area (Å²) in [4.78, 5) is 32.5. The Morgan fingerprint density at radius 2 is 1.70 bits per heavy atom. The molecule has 0 radical (unpaired) electrons. The Labute approximate surface area is 111 Å². The number of benzene rings is 1. The maximum atomic E-state index is 13.2. The van der Waals surface area contributed by atoms with Gasteiger partial charge in [0.15, 0.2) is 0 Å². The molecule has 0 aliphatic rings.